The third-order valence-corrected chi connectivity index (χ3v) is 5.73. The monoisotopic (exact) mass is 376 g/mol. The summed E-state index contributed by atoms with van der Waals surface area (Å²) < 4.78 is 0.751. The molecule has 0 saturated heterocycles. The standard InChI is InChI=1S/C17H20N4O2S2/c1-11(22)14(9-12-5-3-2-4-6-12)19-15(23)10-24-17-21-20-16(25-17)18-13-7-8-13/h2-6,13-14H,7-10H2,1H3,(H,18,20)(H,19,23)/t14-/m1/s1. The van der Waals surface area contributed by atoms with Gasteiger partial charge in [-0.3, -0.25) is 9.59 Å². The smallest absolute Gasteiger partial charge is 0.231 e. The van der Waals surface area contributed by atoms with Gasteiger partial charge in [0.1, 0.15) is 0 Å². The molecule has 132 valence electrons. The molecule has 0 bridgehead atoms. The van der Waals surface area contributed by atoms with Gasteiger partial charge in [0.25, 0.3) is 0 Å². The Hall–Kier alpha value is -1.93. The Morgan fingerprint density at radius 2 is 2.04 bits per heavy atom. The molecule has 1 aromatic carbocycles. The lowest BCUT2D eigenvalue weighted by molar-refractivity contribution is -0.125. The molecular weight excluding hydrogens is 356 g/mol. The second-order valence-electron chi connectivity index (χ2n) is 6.00. The van der Waals surface area contributed by atoms with E-state index in [2.05, 4.69) is 20.8 Å². The number of nitrogens with one attached hydrogen (secondary N) is 2. The molecule has 2 N–H and O–H groups in total. The summed E-state index contributed by atoms with van der Waals surface area (Å²) in [5, 5.41) is 15.0. The molecule has 3 rings (SSSR count). The van der Waals surface area contributed by atoms with Crippen molar-refractivity contribution in [2.75, 3.05) is 11.1 Å². The Bertz CT molecular complexity index is 731. The number of hydrogen-bond acceptors (Lipinski definition) is 7. The zero-order valence-electron chi connectivity index (χ0n) is 13.9. The molecule has 1 fully saturated rings. The third-order valence-electron chi connectivity index (χ3n) is 3.75. The molecule has 1 aromatic heterocycles. The predicted molar refractivity (Wildman–Crippen MR) is 100 cm³/mol. The van der Waals surface area contributed by atoms with E-state index in [9.17, 15) is 9.59 Å². The number of anilines is 1. The van der Waals surface area contributed by atoms with Crippen LogP contribution in [0.2, 0.25) is 0 Å². The maximum Gasteiger partial charge on any atom is 0.231 e. The third kappa shape index (κ3) is 5.82. The summed E-state index contributed by atoms with van der Waals surface area (Å²) in [7, 11) is 0. The zero-order valence-corrected chi connectivity index (χ0v) is 15.5. The van der Waals surface area contributed by atoms with Crippen LogP contribution in [-0.4, -0.2) is 39.7 Å². The van der Waals surface area contributed by atoms with Crippen molar-refractivity contribution in [2.24, 2.45) is 0 Å². The lowest BCUT2D eigenvalue weighted by atomic mass is 10.0. The normalized spacial score (nSPS) is 14.8. The van der Waals surface area contributed by atoms with E-state index in [1.807, 2.05) is 30.3 Å². The lowest BCUT2D eigenvalue weighted by Crippen LogP contribution is -2.42. The van der Waals surface area contributed by atoms with Crippen molar-refractivity contribution < 1.29 is 9.59 Å². The van der Waals surface area contributed by atoms with Gasteiger partial charge < -0.3 is 10.6 Å². The van der Waals surface area contributed by atoms with Crippen molar-refractivity contribution in [3.8, 4) is 0 Å². The minimum absolute atomic E-state index is 0.0472. The Morgan fingerprint density at radius 1 is 1.28 bits per heavy atom. The largest absolute Gasteiger partial charge is 0.357 e. The van der Waals surface area contributed by atoms with Gasteiger partial charge in [-0.2, -0.15) is 0 Å². The Labute approximate surface area is 154 Å². The van der Waals surface area contributed by atoms with E-state index in [4.69, 9.17) is 0 Å². The van der Waals surface area contributed by atoms with Crippen LogP contribution in [0.15, 0.2) is 34.7 Å². The van der Waals surface area contributed by atoms with Gasteiger partial charge in [0.2, 0.25) is 11.0 Å². The number of thioether (sulfide) groups is 1. The molecule has 1 saturated carbocycles. The number of nitrogens with zero attached hydrogens (tertiary/aromatic N) is 2. The SMILES string of the molecule is CC(=O)[C@@H](Cc1ccccc1)NC(=O)CSc1nnc(NC2CC2)s1. The van der Waals surface area contributed by atoms with Crippen LogP contribution in [0.4, 0.5) is 5.13 Å². The highest BCUT2D eigenvalue weighted by Gasteiger charge is 2.23. The van der Waals surface area contributed by atoms with E-state index in [0.717, 1.165) is 15.0 Å². The molecule has 1 heterocycles. The van der Waals surface area contributed by atoms with Gasteiger partial charge in [0, 0.05) is 6.04 Å². The van der Waals surface area contributed by atoms with E-state index in [0.29, 0.717) is 12.5 Å². The minimum Gasteiger partial charge on any atom is -0.357 e. The first-order valence-electron chi connectivity index (χ1n) is 8.17. The van der Waals surface area contributed by atoms with E-state index in [1.54, 1.807) is 0 Å². The maximum atomic E-state index is 12.2. The molecule has 1 atom stereocenters. The molecule has 1 aliphatic rings. The van der Waals surface area contributed by atoms with E-state index in [1.165, 1.54) is 42.9 Å². The van der Waals surface area contributed by atoms with E-state index >= 15 is 0 Å². The van der Waals surface area contributed by atoms with Crippen LogP contribution < -0.4 is 10.6 Å². The summed E-state index contributed by atoms with van der Waals surface area (Å²) in [5.74, 6) is -0.00142. The number of carbonyl (C=O) groups excluding carboxylic acids is 2. The van der Waals surface area contributed by atoms with Crippen molar-refractivity contribution in [2.45, 2.75) is 42.6 Å². The quantitative estimate of drug-likeness (QED) is 0.654. The van der Waals surface area contributed by atoms with Crippen molar-refractivity contribution >= 4 is 39.9 Å². The van der Waals surface area contributed by atoms with Gasteiger partial charge >= 0.3 is 0 Å². The fourth-order valence-electron chi connectivity index (χ4n) is 2.24. The molecule has 6 nitrogen and oxygen atoms in total. The number of benzene rings is 1. The van der Waals surface area contributed by atoms with Crippen LogP contribution in [0.25, 0.3) is 0 Å². The topological polar surface area (TPSA) is 84.0 Å². The molecule has 25 heavy (non-hydrogen) atoms. The number of aromatic nitrogens is 2. The molecule has 0 aliphatic heterocycles. The number of ketones is 1. The fraction of sp³-hybridized carbons (Fsp3) is 0.412. The van der Waals surface area contributed by atoms with Crippen molar-refractivity contribution in [1.29, 1.82) is 0 Å². The molecule has 0 unspecified atom stereocenters. The number of rotatable bonds is 9. The van der Waals surface area contributed by atoms with Gasteiger partial charge in [-0.25, -0.2) is 0 Å². The summed E-state index contributed by atoms with van der Waals surface area (Å²) in [6, 6.07) is 9.70. The summed E-state index contributed by atoms with van der Waals surface area (Å²) in [6.45, 7) is 1.50. The van der Waals surface area contributed by atoms with Crippen LogP contribution in [-0.2, 0) is 16.0 Å². The van der Waals surface area contributed by atoms with Crippen molar-refractivity contribution in [3.05, 3.63) is 35.9 Å². The molecular formula is C17H20N4O2S2. The Balaban J connectivity index is 1.47. The molecule has 1 amide bonds. The molecule has 1 aliphatic carbocycles. The summed E-state index contributed by atoms with van der Waals surface area (Å²) >= 11 is 2.79. The summed E-state index contributed by atoms with van der Waals surface area (Å²) in [4.78, 5) is 24.0. The molecule has 0 radical (unpaired) electrons. The van der Waals surface area contributed by atoms with Gasteiger partial charge in [-0.05, 0) is 31.7 Å². The molecule has 8 heteroatoms. The summed E-state index contributed by atoms with van der Waals surface area (Å²) in [5.41, 5.74) is 1.02. The van der Waals surface area contributed by atoms with E-state index < -0.39 is 6.04 Å². The fourth-order valence-corrected chi connectivity index (χ4v) is 3.88. The highest BCUT2D eigenvalue weighted by atomic mass is 32.2. The van der Waals surface area contributed by atoms with Crippen LogP contribution in [0.1, 0.15) is 25.3 Å². The van der Waals surface area contributed by atoms with E-state index in [-0.39, 0.29) is 17.4 Å². The predicted octanol–water partition coefficient (Wildman–Crippen LogP) is 2.52. The minimum atomic E-state index is -0.503. The highest BCUT2D eigenvalue weighted by Crippen LogP contribution is 2.30. The van der Waals surface area contributed by atoms with Gasteiger partial charge in [-0.1, -0.05) is 53.4 Å². The second-order valence-corrected chi connectivity index (χ2v) is 8.20. The van der Waals surface area contributed by atoms with Crippen LogP contribution in [0.5, 0.6) is 0 Å². The van der Waals surface area contributed by atoms with Crippen molar-refractivity contribution in [1.82, 2.24) is 15.5 Å². The van der Waals surface area contributed by atoms with Gasteiger partial charge in [0.15, 0.2) is 10.1 Å². The average molecular weight is 377 g/mol. The highest BCUT2D eigenvalue weighted by molar-refractivity contribution is 8.01. The van der Waals surface area contributed by atoms with Gasteiger partial charge in [0.05, 0.1) is 11.8 Å². The number of amides is 1. The molecule has 2 aromatic rings. The van der Waals surface area contributed by atoms with Gasteiger partial charge in [-0.15, -0.1) is 10.2 Å². The number of hydrogen-bond donors (Lipinski definition) is 2. The summed E-state index contributed by atoms with van der Waals surface area (Å²) in [6.07, 6.45) is 2.86. The first-order chi connectivity index (χ1) is 12.1. The average Bonchev–Trinajstić information content (AvgIpc) is 3.29. The number of carbonyl (C=O) groups is 2. The molecule has 0 spiro atoms. The first kappa shape index (κ1) is 17.9. The second kappa shape index (κ2) is 8.44. The Morgan fingerprint density at radius 3 is 2.72 bits per heavy atom. The lowest BCUT2D eigenvalue weighted by Gasteiger charge is -2.15. The van der Waals surface area contributed by atoms with Crippen LogP contribution >= 0.6 is 23.1 Å². The van der Waals surface area contributed by atoms with Crippen molar-refractivity contribution in [3.63, 3.8) is 0 Å². The Kier molecular flexibility index (Phi) is 6.04. The maximum absolute atomic E-state index is 12.2. The first-order valence-corrected chi connectivity index (χ1v) is 9.97. The van der Waals surface area contributed by atoms with Crippen LogP contribution in [0, 0.1) is 0 Å². The van der Waals surface area contributed by atoms with Crippen LogP contribution in [0.3, 0.4) is 0 Å². The number of Topliss-reactive ketones (excluding diaryl/α,β-unsaturated/α-hetero) is 1. The zero-order chi connectivity index (χ0) is 17.6.